The number of hydrogen-bond acceptors (Lipinski definition) is 4. The molecule has 0 bridgehead atoms. The van der Waals surface area contributed by atoms with Gasteiger partial charge in [-0.3, -0.25) is 9.69 Å². The van der Waals surface area contributed by atoms with E-state index in [0.29, 0.717) is 34.7 Å². The van der Waals surface area contributed by atoms with E-state index in [1.807, 2.05) is 6.92 Å². The number of halogens is 1. The van der Waals surface area contributed by atoms with Gasteiger partial charge in [-0.25, -0.2) is 0 Å². The van der Waals surface area contributed by atoms with E-state index in [1.54, 1.807) is 12.1 Å². The van der Waals surface area contributed by atoms with Gasteiger partial charge in [0.25, 0.3) is 5.91 Å². The van der Waals surface area contributed by atoms with E-state index in [0.717, 1.165) is 38.8 Å². The van der Waals surface area contributed by atoms with Crippen molar-refractivity contribution in [3.8, 4) is 5.75 Å². The van der Waals surface area contributed by atoms with Gasteiger partial charge < -0.3 is 15.8 Å². The predicted molar refractivity (Wildman–Crippen MR) is 115 cm³/mol. The van der Waals surface area contributed by atoms with Crippen LogP contribution >= 0.6 is 11.6 Å². The second kappa shape index (κ2) is 9.48. The van der Waals surface area contributed by atoms with Gasteiger partial charge in [-0.2, -0.15) is 0 Å². The molecule has 152 valence electrons. The molecule has 3 rings (SSSR count). The number of anilines is 1. The van der Waals surface area contributed by atoms with E-state index in [1.165, 1.54) is 5.57 Å². The molecule has 1 fully saturated rings. The van der Waals surface area contributed by atoms with Crippen LogP contribution in [0.4, 0.5) is 5.69 Å². The second-order valence-corrected chi connectivity index (χ2v) is 7.86. The minimum Gasteiger partial charge on any atom is -0.493 e. The molecule has 6 heteroatoms. The Morgan fingerprint density at radius 1 is 1.36 bits per heavy atom. The fourth-order valence-electron chi connectivity index (χ4n) is 3.91. The Balaban J connectivity index is 1.58. The van der Waals surface area contributed by atoms with E-state index < -0.39 is 0 Å². The Kier molecular flexibility index (Phi) is 7.03. The number of amides is 1. The van der Waals surface area contributed by atoms with Crippen LogP contribution in [0.25, 0.3) is 0 Å². The van der Waals surface area contributed by atoms with E-state index in [4.69, 9.17) is 22.1 Å². The van der Waals surface area contributed by atoms with Crippen LogP contribution in [0.1, 0.15) is 49.9 Å². The van der Waals surface area contributed by atoms with Crippen molar-refractivity contribution in [1.29, 1.82) is 0 Å². The van der Waals surface area contributed by atoms with Crippen molar-refractivity contribution in [3.05, 3.63) is 46.5 Å². The van der Waals surface area contributed by atoms with Crippen LogP contribution in [0.3, 0.4) is 0 Å². The molecule has 1 aromatic carbocycles. The Labute approximate surface area is 172 Å². The number of carbonyl (C=O) groups excluding carboxylic acids is 1. The number of benzene rings is 1. The molecule has 1 aliphatic heterocycles. The number of nitrogens with two attached hydrogens (primary N) is 1. The first-order valence-corrected chi connectivity index (χ1v) is 10.5. The highest BCUT2D eigenvalue weighted by atomic mass is 35.5. The smallest absolute Gasteiger partial charge is 0.255 e. The largest absolute Gasteiger partial charge is 0.493 e. The number of ether oxygens (including phenoxy) is 1. The molecular weight excluding hydrogens is 374 g/mol. The van der Waals surface area contributed by atoms with Crippen molar-refractivity contribution in [2.75, 3.05) is 25.4 Å². The first-order chi connectivity index (χ1) is 13.5. The number of hydrogen-bond donors (Lipinski definition) is 2. The average molecular weight is 404 g/mol. The third-order valence-corrected chi connectivity index (χ3v) is 5.96. The van der Waals surface area contributed by atoms with Crippen LogP contribution in [0.15, 0.2) is 35.9 Å². The Bertz CT molecular complexity index is 767. The van der Waals surface area contributed by atoms with Crippen LogP contribution in [0.5, 0.6) is 5.75 Å². The lowest BCUT2D eigenvalue weighted by Crippen LogP contribution is -2.47. The van der Waals surface area contributed by atoms with Crippen molar-refractivity contribution in [1.82, 2.24) is 10.2 Å². The van der Waals surface area contributed by atoms with E-state index >= 15 is 0 Å². The van der Waals surface area contributed by atoms with Gasteiger partial charge in [-0.15, -0.1) is 0 Å². The number of rotatable bonds is 6. The van der Waals surface area contributed by atoms with Gasteiger partial charge in [0.05, 0.1) is 22.9 Å². The number of piperidine rings is 1. The summed E-state index contributed by atoms with van der Waals surface area (Å²) >= 11 is 6.12. The molecule has 1 aromatic rings. The molecule has 5 nitrogen and oxygen atoms in total. The minimum absolute atomic E-state index is 0.155. The molecule has 2 aliphatic rings. The summed E-state index contributed by atoms with van der Waals surface area (Å²) in [6.45, 7) is 6.58. The summed E-state index contributed by atoms with van der Waals surface area (Å²) in [4.78, 5) is 15.3. The summed E-state index contributed by atoms with van der Waals surface area (Å²) in [5.74, 6) is 0.322. The maximum absolute atomic E-state index is 12.8. The second-order valence-electron chi connectivity index (χ2n) is 7.45. The summed E-state index contributed by atoms with van der Waals surface area (Å²) in [6, 6.07) is 3.83. The normalized spacial score (nSPS) is 19.2. The zero-order valence-corrected chi connectivity index (χ0v) is 17.5. The maximum atomic E-state index is 12.8. The van der Waals surface area contributed by atoms with Gasteiger partial charge in [0, 0.05) is 31.2 Å². The molecule has 3 N–H and O–H groups in total. The highest BCUT2D eigenvalue weighted by Gasteiger charge is 2.26. The van der Waals surface area contributed by atoms with E-state index in [2.05, 4.69) is 35.4 Å². The molecule has 1 unspecified atom stereocenters. The van der Waals surface area contributed by atoms with Gasteiger partial charge in [0.2, 0.25) is 0 Å². The summed E-state index contributed by atoms with van der Waals surface area (Å²) in [6.07, 6.45) is 10.8. The third-order valence-electron chi connectivity index (χ3n) is 5.63. The average Bonchev–Trinajstić information content (AvgIpc) is 2.71. The first kappa shape index (κ1) is 20.7. The number of nitrogens with zero attached hydrogens (tertiary/aromatic N) is 1. The predicted octanol–water partition coefficient (Wildman–Crippen LogP) is 4.18. The lowest BCUT2D eigenvalue weighted by Gasteiger charge is -2.37. The molecule has 1 saturated heterocycles. The molecule has 1 atom stereocenters. The molecule has 28 heavy (non-hydrogen) atoms. The van der Waals surface area contributed by atoms with Crippen molar-refractivity contribution in [3.63, 3.8) is 0 Å². The third kappa shape index (κ3) is 4.89. The SMILES string of the molecule is CCOc1cc(N)c(Cl)cc1C(=O)NC1CCN(C(C)C2=CCC=CC2)CC1. The van der Waals surface area contributed by atoms with Gasteiger partial charge in [0.15, 0.2) is 0 Å². The lowest BCUT2D eigenvalue weighted by atomic mass is 9.95. The van der Waals surface area contributed by atoms with Crippen LogP contribution in [0.2, 0.25) is 5.02 Å². The number of nitrogens with one attached hydrogen (secondary N) is 1. The fourth-order valence-corrected chi connectivity index (χ4v) is 4.07. The molecule has 0 saturated carbocycles. The Morgan fingerprint density at radius 2 is 2.11 bits per heavy atom. The maximum Gasteiger partial charge on any atom is 0.255 e. The standard InChI is InChI=1S/C22H30ClN3O2/c1-3-28-21-14-20(24)19(23)13-18(21)22(27)25-17-9-11-26(12-10-17)15(2)16-7-5-4-6-8-16/h4-5,8,13-15,17H,3,6-7,9-12,24H2,1-2H3,(H,25,27). The van der Waals surface area contributed by atoms with E-state index in [9.17, 15) is 4.79 Å². The van der Waals surface area contributed by atoms with Crippen LogP contribution in [-0.2, 0) is 0 Å². The quantitative estimate of drug-likeness (QED) is 0.552. The van der Waals surface area contributed by atoms with Crippen molar-refractivity contribution < 1.29 is 9.53 Å². The highest BCUT2D eigenvalue weighted by molar-refractivity contribution is 6.33. The monoisotopic (exact) mass is 403 g/mol. The minimum atomic E-state index is -0.156. The number of carbonyl (C=O) groups is 1. The van der Waals surface area contributed by atoms with Crippen LogP contribution in [-0.4, -0.2) is 42.6 Å². The van der Waals surface area contributed by atoms with Crippen molar-refractivity contribution >= 4 is 23.2 Å². The highest BCUT2D eigenvalue weighted by Crippen LogP contribution is 2.29. The molecule has 1 aliphatic carbocycles. The molecular formula is C22H30ClN3O2. The van der Waals surface area contributed by atoms with Gasteiger partial charge in [-0.1, -0.05) is 35.4 Å². The molecule has 0 aromatic heterocycles. The van der Waals surface area contributed by atoms with Crippen LogP contribution in [0, 0.1) is 0 Å². The molecule has 1 heterocycles. The zero-order chi connectivity index (χ0) is 20.1. The number of likely N-dealkylation sites (tertiary alicyclic amines) is 1. The lowest BCUT2D eigenvalue weighted by molar-refractivity contribution is 0.0899. The number of allylic oxidation sites excluding steroid dienone is 3. The van der Waals surface area contributed by atoms with Crippen molar-refractivity contribution in [2.24, 2.45) is 0 Å². The van der Waals surface area contributed by atoms with Gasteiger partial charge in [-0.05, 0) is 45.6 Å². The number of nitrogen functional groups attached to an aromatic ring is 1. The summed E-state index contributed by atoms with van der Waals surface area (Å²) in [5.41, 5.74) is 8.21. The van der Waals surface area contributed by atoms with Gasteiger partial charge in [0.1, 0.15) is 5.75 Å². The van der Waals surface area contributed by atoms with Gasteiger partial charge >= 0.3 is 0 Å². The molecule has 0 radical (unpaired) electrons. The molecule has 0 spiro atoms. The summed E-state index contributed by atoms with van der Waals surface area (Å²) in [5, 5.41) is 3.52. The summed E-state index contributed by atoms with van der Waals surface area (Å²) < 4.78 is 5.58. The Morgan fingerprint density at radius 3 is 2.75 bits per heavy atom. The zero-order valence-electron chi connectivity index (χ0n) is 16.7. The van der Waals surface area contributed by atoms with Crippen molar-refractivity contribution in [2.45, 2.75) is 51.6 Å². The topological polar surface area (TPSA) is 67.6 Å². The van der Waals surface area contributed by atoms with Crippen LogP contribution < -0.4 is 15.8 Å². The fraction of sp³-hybridized carbons (Fsp3) is 0.500. The first-order valence-electron chi connectivity index (χ1n) is 10.1. The summed E-state index contributed by atoms with van der Waals surface area (Å²) in [7, 11) is 0. The Hall–Kier alpha value is -1.98. The molecule has 1 amide bonds. The van der Waals surface area contributed by atoms with E-state index in [-0.39, 0.29) is 11.9 Å².